The fourth-order valence-corrected chi connectivity index (χ4v) is 5.90. The highest BCUT2D eigenvalue weighted by atomic mass is 35.5. The second-order valence-electron chi connectivity index (χ2n) is 7.76. The molecular weight excluding hydrogens is 296 g/mol. The molecule has 1 amide bonds. The molecule has 3 nitrogen and oxygen atoms in total. The largest absolute Gasteiger partial charge is 0.323 e. The lowest BCUT2D eigenvalue weighted by molar-refractivity contribution is -0.0637. The van der Waals surface area contributed by atoms with E-state index in [2.05, 4.69) is 4.98 Å². The van der Waals surface area contributed by atoms with Crippen molar-refractivity contribution in [3.63, 3.8) is 0 Å². The second kappa shape index (κ2) is 5.52. The average Bonchev–Trinajstić information content (AvgIpc) is 2.51. The van der Waals surface area contributed by atoms with E-state index >= 15 is 0 Å². The molecule has 118 valence electrons. The van der Waals surface area contributed by atoms with Crippen LogP contribution in [-0.4, -0.2) is 28.3 Å². The Labute approximate surface area is 137 Å². The summed E-state index contributed by atoms with van der Waals surface area (Å²) in [6.45, 7) is 0.815. The van der Waals surface area contributed by atoms with Crippen molar-refractivity contribution in [1.29, 1.82) is 0 Å². The molecule has 0 N–H and O–H groups in total. The van der Waals surface area contributed by atoms with Gasteiger partial charge in [-0.15, -0.1) is 11.6 Å². The molecule has 4 saturated carbocycles. The maximum absolute atomic E-state index is 12.7. The van der Waals surface area contributed by atoms with Crippen LogP contribution in [0.3, 0.4) is 0 Å². The van der Waals surface area contributed by atoms with Gasteiger partial charge in [0.05, 0.1) is 6.00 Å². The number of hydrogen-bond acceptors (Lipinski definition) is 2. The number of hydrogen-bond donors (Lipinski definition) is 0. The normalized spacial score (nSPS) is 35.6. The molecular formula is C18H23ClN2O. The Balaban J connectivity index is 1.52. The van der Waals surface area contributed by atoms with Gasteiger partial charge in [-0.1, -0.05) is 6.07 Å². The van der Waals surface area contributed by atoms with Gasteiger partial charge < -0.3 is 4.90 Å². The van der Waals surface area contributed by atoms with Crippen molar-refractivity contribution in [3.8, 4) is 0 Å². The molecule has 4 bridgehead atoms. The average molecular weight is 319 g/mol. The summed E-state index contributed by atoms with van der Waals surface area (Å²) in [4.78, 5) is 18.7. The molecule has 4 heteroatoms. The van der Waals surface area contributed by atoms with E-state index in [0.29, 0.717) is 11.1 Å². The number of pyridine rings is 1. The van der Waals surface area contributed by atoms with Crippen molar-refractivity contribution in [2.24, 2.45) is 23.2 Å². The van der Waals surface area contributed by atoms with Crippen LogP contribution in [-0.2, 0) is 0 Å². The van der Waals surface area contributed by atoms with Gasteiger partial charge in [0.15, 0.2) is 0 Å². The minimum Gasteiger partial charge on any atom is -0.323 e. The van der Waals surface area contributed by atoms with E-state index in [1.54, 1.807) is 12.3 Å². The van der Waals surface area contributed by atoms with Crippen molar-refractivity contribution in [2.75, 3.05) is 12.5 Å². The highest BCUT2D eigenvalue weighted by Gasteiger charge is 2.51. The number of carbonyl (C=O) groups excluding carboxylic acids is 1. The Morgan fingerprint density at radius 3 is 2.32 bits per heavy atom. The van der Waals surface area contributed by atoms with Crippen molar-refractivity contribution in [1.82, 2.24) is 9.88 Å². The zero-order valence-electron chi connectivity index (χ0n) is 12.9. The Bertz CT molecular complexity index is 524. The zero-order chi connectivity index (χ0) is 15.2. The Morgan fingerprint density at radius 2 is 1.82 bits per heavy atom. The summed E-state index contributed by atoms with van der Waals surface area (Å²) in [5.41, 5.74) is 0.835. The Hall–Kier alpha value is -1.09. The van der Waals surface area contributed by atoms with Crippen LogP contribution in [0.25, 0.3) is 0 Å². The number of carbonyl (C=O) groups is 1. The van der Waals surface area contributed by atoms with E-state index < -0.39 is 0 Å². The number of aromatic nitrogens is 1. The zero-order valence-corrected chi connectivity index (χ0v) is 13.6. The molecule has 0 unspecified atom stereocenters. The number of rotatable bonds is 4. The van der Waals surface area contributed by atoms with Crippen LogP contribution >= 0.6 is 11.6 Å². The van der Waals surface area contributed by atoms with Crippen molar-refractivity contribution in [3.05, 3.63) is 30.1 Å². The highest BCUT2D eigenvalue weighted by molar-refractivity contribution is 6.19. The van der Waals surface area contributed by atoms with Crippen LogP contribution in [0.15, 0.2) is 24.4 Å². The van der Waals surface area contributed by atoms with Crippen molar-refractivity contribution in [2.45, 2.75) is 38.5 Å². The summed E-state index contributed by atoms with van der Waals surface area (Å²) in [5, 5.41) is 0. The van der Waals surface area contributed by atoms with Crippen LogP contribution in [0.5, 0.6) is 0 Å². The van der Waals surface area contributed by atoms with E-state index in [4.69, 9.17) is 11.6 Å². The topological polar surface area (TPSA) is 33.2 Å². The van der Waals surface area contributed by atoms with Crippen LogP contribution in [0.1, 0.15) is 49.0 Å². The highest BCUT2D eigenvalue weighted by Crippen LogP contribution is 2.60. The lowest BCUT2D eigenvalue weighted by Crippen LogP contribution is -2.52. The monoisotopic (exact) mass is 318 g/mol. The molecule has 4 aliphatic carbocycles. The standard InChI is InChI=1S/C18H23ClN2O/c19-12-21(17(22)16-3-1-2-4-20-16)11-18-8-13-5-14(9-18)7-15(6-13)10-18/h1-4,13-15H,5-12H2. The molecule has 0 aromatic carbocycles. The van der Waals surface area contributed by atoms with Crippen LogP contribution in [0.2, 0.25) is 0 Å². The molecule has 1 heterocycles. The van der Waals surface area contributed by atoms with E-state index in [0.717, 1.165) is 24.3 Å². The summed E-state index contributed by atoms with van der Waals surface area (Å²) in [6.07, 6.45) is 9.83. The predicted octanol–water partition coefficient (Wildman–Crippen LogP) is 3.94. The summed E-state index contributed by atoms with van der Waals surface area (Å²) >= 11 is 6.13. The lowest BCUT2D eigenvalue weighted by Gasteiger charge is -2.57. The van der Waals surface area contributed by atoms with Crippen molar-refractivity contribution >= 4 is 17.5 Å². The summed E-state index contributed by atoms with van der Waals surface area (Å²) in [7, 11) is 0. The first-order valence-corrected chi connectivity index (χ1v) is 8.97. The maximum Gasteiger partial charge on any atom is 0.273 e. The van der Waals surface area contributed by atoms with Crippen LogP contribution in [0.4, 0.5) is 0 Å². The molecule has 5 rings (SSSR count). The predicted molar refractivity (Wildman–Crippen MR) is 86.6 cm³/mol. The first-order valence-electron chi connectivity index (χ1n) is 8.44. The third-order valence-electron chi connectivity index (χ3n) is 6.01. The van der Waals surface area contributed by atoms with Gasteiger partial charge in [0.25, 0.3) is 5.91 Å². The van der Waals surface area contributed by atoms with E-state index in [-0.39, 0.29) is 11.9 Å². The van der Waals surface area contributed by atoms with Gasteiger partial charge in [-0.25, -0.2) is 0 Å². The third kappa shape index (κ3) is 2.54. The van der Waals surface area contributed by atoms with E-state index in [1.165, 1.54) is 38.5 Å². The molecule has 1 aromatic heterocycles. The fraction of sp³-hybridized carbons (Fsp3) is 0.667. The van der Waals surface area contributed by atoms with Crippen LogP contribution in [0, 0.1) is 23.2 Å². The first-order chi connectivity index (χ1) is 10.7. The van der Waals surface area contributed by atoms with Gasteiger partial charge in [0.2, 0.25) is 0 Å². The SMILES string of the molecule is O=C(c1ccccn1)N(CCl)CC12CC3CC(CC(C3)C1)C2. The Kier molecular flexibility index (Phi) is 3.64. The fourth-order valence-electron chi connectivity index (χ4n) is 5.71. The molecule has 4 fully saturated rings. The van der Waals surface area contributed by atoms with Gasteiger partial charge >= 0.3 is 0 Å². The molecule has 0 spiro atoms. The molecule has 22 heavy (non-hydrogen) atoms. The molecule has 1 aromatic rings. The smallest absolute Gasteiger partial charge is 0.273 e. The molecule has 0 radical (unpaired) electrons. The van der Waals surface area contributed by atoms with Gasteiger partial charge in [-0.2, -0.15) is 0 Å². The third-order valence-corrected chi connectivity index (χ3v) is 6.30. The minimum atomic E-state index is -0.0219. The maximum atomic E-state index is 12.7. The van der Waals surface area contributed by atoms with E-state index in [1.807, 2.05) is 17.0 Å². The summed E-state index contributed by atoms with van der Waals surface area (Å²) < 4.78 is 0. The quantitative estimate of drug-likeness (QED) is 0.622. The summed E-state index contributed by atoms with van der Waals surface area (Å²) in [5.74, 6) is 2.67. The van der Waals surface area contributed by atoms with Crippen molar-refractivity contribution < 1.29 is 4.79 Å². The van der Waals surface area contributed by atoms with Gasteiger partial charge in [-0.3, -0.25) is 9.78 Å². The number of alkyl halides is 1. The minimum absolute atomic E-state index is 0.0219. The molecule has 0 saturated heterocycles. The van der Waals surface area contributed by atoms with Gasteiger partial charge in [0.1, 0.15) is 5.69 Å². The molecule has 4 aliphatic rings. The van der Waals surface area contributed by atoms with E-state index in [9.17, 15) is 4.79 Å². The first kappa shape index (κ1) is 14.5. The summed E-state index contributed by atoms with van der Waals surface area (Å²) in [6, 6.07) is 5.73. The van der Waals surface area contributed by atoms with Gasteiger partial charge in [0, 0.05) is 12.7 Å². The number of nitrogens with zero attached hydrogens (tertiary/aromatic N) is 2. The van der Waals surface area contributed by atoms with Gasteiger partial charge in [-0.05, 0) is 73.8 Å². The second-order valence-corrected chi connectivity index (χ2v) is 7.99. The molecule has 0 aliphatic heterocycles. The van der Waals surface area contributed by atoms with Crippen LogP contribution < -0.4 is 0 Å². The lowest BCUT2D eigenvalue weighted by atomic mass is 9.49. The number of amides is 1. The Morgan fingerprint density at radius 1 is 1.18 bits per heavy atom. The molecule has 0 atom stereocenters. The number of halogens is 1.